The summed E-state index contributed by atoms with van der Waals surface area (Å²) in [5, 5.41) is 16.1. The van der Waals surface area contributed by atoms with E-state index in [0.717, 1.165) is 11.1 Å². The van der Waals surface area contributed by atoms with E-state index in [1.165, 1.54) is 29.2 Å². The lowest BCUT2D eigenvalue weighted by Crippen LogP contribution is -2.40. The van der Waals surface area contributed by atoms with Crippen LogP contribution in [0.25, 0.3) is 0 Å². The molecule has 146 valence electrons. The second kappa shape index (κ2) is 7.67. The molecule has 0 atom stereocenters. The van der Waals surface area contributed by atoms with E-state index in [-0.39, 0.29) is 23.7 Å². The Balaban J connectivity index is 1.52. The Kier molecular flexibility index (Phi) is 5.30. The lowest BCUT2D eigenvalue weighted by Gasteiger charge is -2.17. The van der Waals surface area contributed by atoms with E-state index in [2.05, 4.69) is 16.0 Å². The first-order valence-corrected chi connectivity index (χ1v) is 8.81. The van der Waals surface area contributed by atoms with Crippen LogP contribution < -0.4 is 16.0 Å². The third kappa shape index (κ3) is 4.46. The third-order valence-electron chi connectivity index (χ3n) is 4.40. The van der Waals surface area contributed by atoms with Crippen molar-refractivity contribution in [2.45, 2.75) is 32.5 Å². The number of carbonyl (C=O) groups is 2. The number of hydrogen-bond acceptors (Lipinski definition) is 3. The van der Waals surface area contributed by atoms with Gasteiger partial charge in [0.15, 0.2) is 5.96 Å². The van der Waals surface area contributed by atoms with E-state index in [1.807, 2.05) is 24.3 Å². The van der Waals surface area contributed by atoms with Gasteiger partial charge < -0.3 is 16.0 Å². The van der Waals surface area contributed by atoms with Gasteiger partial charge >= 0.3 is 6.03 Å². The van der Waals surface area contributed by atoms with E-state index in [4.69, 9.17) is 5.41 Å². The number of anilines is 1. The van der Waals surface area contributed by atoms with Gasteiger partial charge in [-0.25, -0.2) is 9.18 Å². The highest BCUT2D eigenvalue weighted by Gasteiger charge is 2.41. The van der Waals surface area contributed by atoms with Crippen molar-refractivity contribution in [3.63, 3.8) is 0 Å². The van der Waals surface area contributed by atoms with Crippen LogP contribution in [-0.4, -0.2) is 28.3 Å². The first-order valence-electron chi connectivity index (χ1n) is 8.81. The van der Waals surface area contributed by atoms with Crippen LogP contribution >= 0.6 is 0 Å². The Morgan fingerprint density at radius 2 is 1.71 bits per heavy atom. The van der Waals surface area contributed by atoms with Gasteiger partial charge in [0, 0.05) is 12.2 Å². The second-order valence-corrected chi connectivity index (χ2v) is 7.12. The zero-order valence-corrected chi connectivity index (χ0v) is 15.7. The molecule has 0 unspecified atom stereocenters. The van der Waals surface area contributed by atoms with Crippen LogP contribution in [0.1, 0.15) is 25.0 Å². The van der Waals surface area contributed by atoms with E-state index in [9.17, 15) is 14.0 Å². The third-order valence-corrected chi connectivity index (χ3v) is 4.40. The van der Waals surface area contributed by atoms with Crippen LogP contribution in [0.15, 0.2) is 48.5 Å². The molecule has 2 aromatic carbocycles. The molecular formula is C20H22FN5O2. The molecule has 2 aromatic rings. The highest BCUT2D eigenvalue weighted by molar-refractivity contribution is 6.07. The van der Waals surface area contributed by atoms with Crippen molar-refractivity contribution in [1.82, 2.24) is 15.5 Å². The largest absolute Gasteiger partial charge is 0.342 e. The average Bonchev–Trinajstić information content (AvgIpc) is 2.84. The predicted octanol–water partition coefficient (Wildman–Crippen LogP) is 2.79. The summed E-state index contributed by atoms with van der Waals surface area (Å²) in [6.07, 6.45) is 0. The van der Waals surface area contributed by atoms with Gasteiger partial charge in [-0.15, -0.1) is 0 Å². The van der Waals surface area contributed by atoms with Crippen molar-refractivity contribution in [2.24, 2.45) is 0 Å². The number of benzene rings is 2. The molecule has 3 amide bonds. The van der Waals surface area contributed by atoms with Gasteiger partial charge in [0.05, 0.1) is 6.54 Å². The molecule has 7 nitrogen and oxygen atoms in total. The number of hydrogen-bond donors (Lipinski definition) is 4. The Labute approximate surface area is 162 Å². The Morgan fingerprint density at radius 1 is 1.11 bits per heavy atom. The van der Waals surface area contributed by atoms with Crippen molar-refractivity contribution >= 4 is 23.6 Å². The normalized spacial score (nSPS) is 15.3. The number of rotatable bonds is 5. The van der Waals surface area contributed by atoms with E-state index < -0.39 is 5.54 Å². The van der Waals surface area contributed by atoms with Crippen molar-refractivity contribution in [2.75, 3.05) is 5.32 Å². The second-order valence-electron chi connectivity index (χ2n) is 7.12. The van der Waals surface area contributed by atoms with Crippen LogP contribution in [0.4, 0.5) is 14.9 Å². The minimum Gasteiger partial charge on any atom is -0.342 e. The summed E-state index contributed by atoms with van der Waals surface area (Å²) in [6.45, 7) is 4.12. The quantitative estimate of drug-likeness (QED) is 0.639. The van der Waals surface area contributed by atoms with Gasteiger partial charge in [0.2, 0.25) is 0 Å². The first kappa shape index (κ1) is 19.3. The van der Waals surface area contributed by atoms with Crippen molar-refractivity contribution in [3.8, 4) is 0 Å². The Hall–Kier alpha value is -3.42. The zero-order chi connectivity index (χ0) is 20.3. The highest BCUT2D eigenvalue weighted by Crippen LogP contribution is 2.19. The van der Waals surface area contributed by atoms with Crippen LogP contribution in [0.2, 0.25) is 0 Å². The molecule has 1 fully saturated rings. The topological polar surface area (TPSA) is 97.3 Å². The maximum Gasteiger partial charge on any atom is 0.319 e. The maximum absolute atomic E-state index is 12.9. The standard InChI is InChI=1S/C20H22FN5O2/c1-20(2)17(27)26(18(22)25-20)12-14-5-3-13(4-6-14)11-23-19(28)24-16-9-7-15(21)8-10-16/h3-10H,11-12H2,1-2H3,(H2,22,25)(H2,23,24,28). The molecule has 0 spiro atoms. The molecule has 1 heterocycles. The number of urea groups is 1. The lowest BCUT2D eigenvalue weighted by atomic mass is 10.1. The Morgan fingerprint density at radius 3 is 2.29 bits per heavy atom. The summed E-state index contributed by atoms with van der Waals surface area (Å²) in [6, 6.07) is 12.6. The van der Waals surface area contributed by atoms with E-state index in [1.54, 1.807) is 13.8 Å². The fourth-order valence-electron chi connectivity index (χ4n) is 2.84. The predicted molar refractivity (Wildman–Crippen MR) is 104 cm³/mol. The molecule has 4 N–H and O–H groups in total. The summed E-state index contributed by atoms with van der Waals surface area (Å²) in [5.41, 5.74) is 1.51. The smallest absolute Gasteiger partial charge is 0.319 e. The van der Waals surface area contributed by atoms with Crippen molar-refractivity contribution in [3.05, 3.63) is 65.5 Å². The number of carbonyl (C=O) groups excluding carboxylic acids is 2. The molecule has 0 aromatic heterocycles. The highest BCUT2D eigenvalue weighted by atomic mass is 19.1. The van der Waals surface area contributed by atoms with Crippen molar-refractivity contribution < 1.29 is 14.0 Å². The summed E-state index contributed by atoms with van der Waals surface area (Å²) in [4.78, 5) is 25.6. The van der Waals surface area contributed by atoms with Crippen LogP contribution in [0.5, 0.6) is 0 Å². The molecule has 0 bridgehead atoms. The average molecular weight is 383 g/mol. The lowest BCUT2D eigenvalue weighted by molar-refractivity contribution is -0.130. The number of guanidine groups is 1. The maximum atomic E-state index is 12.9. The molecule has 8 heteroatoms. The van der Waals surface area contributed by atoms with Gasteiger partial charge in [0.1, 0.15) is 11.4 Å². The minimum atomic E-state index is -0.765. The monoisotopic (exact) mass is 383 g/mol. The molecule has 0 radical (unpaired) electrons. The summed E-state index contributed by atoms with van der Waals surface area (Å²) >= 11 is 0. The molecule has 1 saturated heterocycles. The van der Waals surface area contributed by atoms with Gasteiger partial charge in [-0.1, -0.05) is 24.3 Å². The number of halogens is 1. The van der Waals surface area contributed by atoms with Crippen molar-refractivity contribution in [1.29, 1.82) is 5.41 Å². The molecule has 3 rings (SSSR count). The van der Waals surface area contributed by atoms with E-state index >= 15 is 0 Å². The van der Waals surface area contributed by atoms with Gasteiger partial charge in [0.25, 0.3) is 5.91 Å². The van der Waals surface area contributed by atoms with Gasteiger partial charge in [-0.05, 0) is 49.2 Å². The van der Waals surface area contributed by atoms with Crippen LogP contribution in [0, 0.1) is 11.2 Å². The SMILES string of the molecule is CC1(C)NC(=N)N(Cc2ccc(CNC(=O)Nc3ccc(F)cc3)cc2)C1=O. The molecule has 0 saturated carbocycles. The van der Waals surface area contributed by atoms with Gasteiger partial charge in [-0.3, -0.25) is 15.1 Å². The summed E-state index contributed by atoms with van der Waals surface area (Å²) in [7, 11) is 0. The summed E-state index contributed by atoms with van der Waals surface area (Å²) in [5.74, 6) is -0.407. The minimum absolute atomic E-state index is 0.0956. The molecule has 1 aliphatic rings. The molecular weight excluding hydrogens is 361 g/mol. The zero-order valence-electron chi connectivity index (χ0n) is 15.7. The molecule has 0 aliphatic carbocycles. The van der Waals surface area contributed by atoms with E-state index in [0.29, 0.717) is 18.8 Å². The number of amides is 3. The van der Waals surface area contributed by atoms with Crippen LogP contribution in [-0.2, 0) is 17.9 Å². The van der Waals surface area contributed by atoms with Gasteiger partial charge in [-0.2, -0.15) is 0 Å². The number of nitrogens with one attached hydrogen (secondary N) is 4. The summed E-state index contributed by atoms with van der Waals surface area (Å²) < 4.78 is 12.9. The molecule has 28 heavy (non-hydrogen) atoms. The fraction of sp³-hybridized carbons (Fsp3) is 0.250. The molecule has 1 aliphatic heterocycles. The Bertz CT molecular complexity index is 894. The number of nitrogens with zero attached hydrogens (tertiary/aromatic N) is 1. The first-order chi connectivity index (χ1) is 13.2. The fourth-order valence-corrected chi connectivity index (χ4v) is 2.84. The van der Waals surface area contributed by atoms with Crippen LogP contribution in [0.3, 0.4) is 0 Å².